The molecule has 0 aromatic heterocycles. The van der Waals surface area contributed by atoms with E-state index in [9.17, 15) is 0 Å². The first kappa shape index (κ1) is 14.9. The van der Waals surface area contributed by atoms with Crippen LogP contribution in [0, 0.1) is 5.92 Å². The molecule has 1 saturated heterocycles. The van der Waals surface area contributed by atoms with Crippen molar-refractivity contribution in [1.82, 2.24) is 5.32 Å². The van der Waals surface area contributed by atoms with E-state index in [2.05, 4.69) is 43.4 Å². The van der Waals surface area contributed by atoms with Crippen LogP contribution in [0.3, 0.4) is 0 Å². The normalized spacial score (nSPS) is 20.6. The lowest BCUT2D eigenvalue weighted by Gasteiger charge is -2.15. The highest BCUT2D eigenvalue weighted by Crippen LogP contribution is 2.26. The quantitative estimate of drug-likeness (QED) is 0.765. The predicted octanol–water partition coefficient (Wildman–Crippen LogP) is 3.88. The van der Waals surface area contributed by atoms with Crippen LogP contribution in [0.1, 0.15) is 38.3 Å². The first-order valence-corrected chi connectivity index (χ1v) is 8.32. The minimum Gasteiger partial charge on any atom is -0.381 e. The van der Waals surface area contributed by atoms with Gasteiger partial charge >= 0.3 is 0 Å². The van der Waals surface area contributed by atoms with Gasteiger partial charge < -0.3 is 10.1 Å². The summed E-state index contributed by atoms with van der Waals surface area (Å²) in [5, 5.41) is 3.54. The van der Waals surface area contributed by atoms with Crippen molar-refractivity contribution in [3.63, 3.8) is 0 Å². The van der Waals surface area contributed by atoms with Gasteiger partial charge in [0.05, 0.1) is 6.61 Å². The maximum Gasteiger partial charge on any atom is 0.0503 e. The Hall–Kier alpha value is -0.510. The van der Waals surface area contributed by atoms with Gasteiger partial charge in [0.2, 0.25) is 0 Å². The molecule has 1 heterocycles. The van der Waals surface area contributed by atoms with Crippen molar-refractivity contribution in [3.05, 3.63) is 29.8 Å². The van der Waals surface area contributed by atoms with Crippen molar-refractivity contribution < 1.29 is 4.74 Å². The predicted molar refractivity (Wildman–Crippen MR) is 82.8 cm³/mol. The van der Waals surface area contributed by atoms with E-state index in [4.69, 9.17) is 4.74 Å². The summed E-state index contributed by atoms with van der Waals surface area (Å²) >= 11 is 1.97. The van der Waals surface area contributed by atoms with Gasteiger partial charge in [0, 0.05) is 23.3 Å². The number of thioether (sulfide) groups is 1. The lowest BCUT2D eigenvalue weighted by atomic mass is 10.1. The highest BCUT2D eigenvalue weighted by molar-refractivity contribution is 7.99. The number of benzene rings is 1. The van der Waals surface area contributed by atoms with Crippen LogP contribution in [-0.2, 0) is 4.74 Å². The first-order valence-electron chi connectivity index (χ1n) is 7.33. The third-order valence-electron chi connectivity index (χ3n) is 3.57. The summed E-state index contributed by atoms with van der Waals surface area (Å²) in [5.74, 6) is 1.92. The Morgan fingerprint density at radius 3 is 3.11 bits per heavy atom. The fourth-order valence-electron chi connectivity index (χ4n) is 2.28. The van der Waals surface area contributed by atoms with Crippen molar-refractivity contribution >= 4 is 11.8 Å². The van der Waals surface area contributed by atoms with Crippen LogP contribution in [0.2, 0.25) is 0 Å². The van der Waals surface area contributed by atoms with Crippen LogP contribution >= 0.6 is 11.8 Å². The molecule has 2 unspecified atom stereocenters. The summed E-state index contributed by atoms with van der Waals surface area (Å²) in [6.07, 6.45) is 2.40. The van der Waals surface area contributed by atoms with E-state index < -0.39 is 0 Å². The molecular formula is C16H25NOS. The molecule has 2 atom stereocenters. The molecule has 1 aliphatic heterocycles. The van der Waals surface area contributed by atoms with Gasteiger partial charge in [-0.25, -0.2) is 0 Å². The Kier molecular flexibility index (Phi) is 6.21. The lowest BCUT2D eigenvalue weighted by Crippen LogP contribution is -2.19. The van der Waals surface area contributed by atoms with Crippen LogP contribution in [-0.4, -0.2) is 25.5 Å². The molecule has 2 nitrogen and oxygen atoms in total. The molecule has 0 spiro atoms. The number of nitrogens with one attached hydrogen (secondary N) is 1. The minimum absolute atomic E-state index is 0.440. The molecule has 3 heteroatoms. The second-order valence-electron chi connectivity index (χ2n) is 5.29. The molecule has 1 fully saturated rings. The Morgan fingerprint density at radius 2 is 2.37 bits per heavy atom. The molecule has 1 aliphatic rings. The molecule has 1 aromatic carbocycles. The van der Waals surface area contributed by atoms with Crippen molar-refractivity contribution in [2.24, 2.45) is 5.92 Å². The Morgan fingerprint density at radius 1 is 1.47 bits per heavy atom. The average molecular weight is 279 g/mol. The molecule has 19 heavy (non-hydrogen) atoms. The zero-order valence-electron chi connectivity index (χ0n) is 12.0. The smallest absolute Gasteiger partial charge is 0.0503 e. The van der Waals surface area contributed by atoms with Gasteiger partial charge in [0.1, 0.15) is 0 Å². The topological polar surface area (TPSA) is 21.3 Å². The largest absolute Gasteiger partial charge is 0.381 e. The lowest BCUT2D eigenvalue weighted by molar-refractivity contribution is 0.189. The SMILES string of the molecule is CCCNC(C)c1cccc(SCC2CCOC2)c1. The highest BCUT2D eigenvalue weighted by atomic mass is 32.2. The third kappa shape index (κ3) is 4.83. The first-order chi connectivity index (χ1) is 9.29. The van der Waals surface area contributed by atoms with Gasteiger partial charge in [-0.1, -0.05) is 19.1 Å². The van der Waals surface area contributed by atoms with Crippen molar-refractivity contribution in [3.8, 4) is 0 Å². The van der Waals surface area contributed by atoms with E-state index in [0.717, 1.165) is 25.7 Å². The average Bonchev–Trinajstić information content (AvgIpc) is 2.96. The number of hydrogen-bond acceptors (Lipinski definition) is 3. The van der Waals surface area contributed by atoms with Crippen LogP contribution < -0.4 is 5.32 Å². The van der Waals surface area contributed by atoms with Gasteiger partial charge in [-0.05, 0) is 49.9 Å². The van der Waals surface area contributed by atoms with E-state index in [1.807, 2.05) is 11.8 Å². The molecular weight excluding hydrogens is 254 g/mol. The molecule has 0 amide bonds. The van der Waals surface area contributed by atoms with Crippen molar-refractivity contribution in [1.29, 1.82) is 0 Å². The number of rotatable bonds is 7. The maximum atomic E-state index is 5.43. The van der Waals surface area contributed by atoms with E-state index in [1.54, 1.807) is 0 Å². The second-order valence-corrected chi connectivity index (χ2v) is 6.38. The highest BCUT2D eigenvalue weighted by Gasteiger charge is 2.15. The fraction of sp³-hybridized carbons (Fsp3) is 0.625. The summed E-state index contributed by atoms with van der Waals surface area (Å²) in [4.78, 5) is 1.38. The fourth-order valence-corrected chi connectivity index (χ4v) is 3.37. The summed E-state index contributed by atoms with van der Waals surface area (Å²) in [6.45, 7) is 7.42. The molecule has 0 radical (unpaired) electrons. The maximum absolute atomic E-state index is 5.43. The Balaban J connectivity index is 1.86. The van der Waals surface area contributed by atoms with Crippen LogP contribution in [0.5, 0.6) is 0 Å². The molecule has 0 aliphatic carbocycles. The van der Waals surface area contributed by atoms with E-state index in [1.165, 1.54) is 29.1 Å². The van der Waals surface area contributed by atoms with E-state index in [-0.39, 0.29) is 0 Å². The van der Waals surface area contributed by atoms with Gasteiger partial charge in [0.15, 0.2) is 0 Å². The van der Waals surface area contributed by atoms with E-state index >= 15 is 0 Å². The number of hydrogen-bond donors (Lipinski definition) is 1. The van der Waals surface area contributed by atoms with Crippen LogP contribution in [0.15, 0.2) is 29.2 Å². The summed E-state index contributed by atoms with van der Waals surface area (Å²) in [5.41, 5.74) is 1.39. The summed E-state index contributed by atoms with van der Waals surface area (Å²) in [6, 6.07) is 9.38. The van der Waals surface area contributed by atoms with Gasteiger partial charge in [0.25, 0.3) is 0 Å². The monoisotopic (exact) mass is 279 g/mol. The second kappa shape index (κ2) is 7.93. The molecule has 1 N–H and O–H groups in total. The van der Waals surface area contributed by atoms with Crippen LogP contribution in [0.4, 0.5) is 0 Å². The minimum atomic E-state index is 0.440. The zero-order valence-corrected chi connectivity index (χ0v) is 12.8. The molecule has 1 aromatic rings. The summed E-state index contributed by atoms with van der Waals surface area (Å²) < 4.78 is 5.43. The Labute approximate surface area is 121 Å². The van der Waals surface area contributed by atoms with E-state index in [0.29, 0.717) is 6.04 Å². The van der Waals surface area contributed by atoms with Crippen molar-refractivity contribution in [2.45, 2.75) is 37.6 Å². The molecule has 106 valence electrons. The third-order valence-corrected chi connectivity index (χ3v) is 4.79. The van der Waals surface area contributed by atoms with Gasteiger partial charge in [-0.3, -0.25) is 0 Å². The Bertz CT molecular complexity index is 377. The van der Waals surface area contributed by atoms with Crippen molar-refractivity contribution in [2.75, 3.05) is 25.5 Å². The van der Waals surface area contributed by atoms with Gasteiger partial charge in [-0.15, -0.1) is 11.8 Å². The van der Waals surface area contributed by atoms with Crippen LogP contribution in [0.25, 0.3) is 0 Å². The molecule has 2 rings (SSSR count). The summed E-state index contributed by atoms with van der Waals surface area (Å²) in [7, 11) is 0. The van der Waals surface area contributed by atoms with Gasteiger partial charge in [-0.2, -0.15) is 0 Å². The zero-order chi connectivity index (χ0) is 13.5. The standard InChI is InChI=1S/C16H25NOS/c1-3-8-17-13(2)15-5-4-6-16(10-15)19-12-14-7-9-18-11-14/h4-6,10,13-14,17H,3,7-9,11-12H2,1-2H3. The molecule has 0 bridgehead atoms. The number of ether oxygens (including phenoxy) is 1. The molecule has 0 saturated carbocycles.